The lowest BCUT2D eigenvalue weighted by molar-refractivity contribution is -0.146. The summed E-state index contributed by atoms with van der Waals surface area (Å²) >= 11 is 0. The van der Waals surface area contributed by atoms with Crippen LogP contribution in [0, 0.1) is 12.8 Å². The van der Waals surface area contributed by atoms with E-state index in [0.29, 0.717) is 25.8 Å². The third kappa shape index (κ3) is 4.21. The summed E-state index contributed by atoms with van der Waals surface area (Å²) in [6.07, 6.45) is 2.10. The molecule has 0 saturated heterocycles. The smallest absolute Gasteiger partial charge is 0.313 e. The number of esters is 2. The minimum Gasteiger partial charge on any atom is -0.469 e. The summed E-state index contributed by atoms with van der Waals surface area (Å²) in [6, 6.07) is 0. The Balaban J connectivity index is 2.02. The first kappa shape index (κ1) is 18.2. The lowest BCUT2D eigenvalue weighted by Gasteiger charge is -2.20. The molecular formula is C17H24N2O5. The number of aromatic nitrogens is 2. The van der Waals surface area contributed by atoms with Crippen LogP contribution in [0.3, 0.4) is 0 Å². The molecule has 0 N–H and O–H groups in total. The number of nitrogens with zero attached hydrogens (tertiary/aromatic N) is 2. The molecule has 1 unspecified atom stereocenters. The monoisotopic (exact) mass is 336 g/mol. The molecule has 0 aromatic carbocycles. The molecule has 132 valence electrons. The molecule has 0 amide bonds. The standard InChI is InChI=1S/C17H24N2O5/c1-4-24-17(22)10-15(20)12-5-6-14-13(9-12)11(2)19(18-14)8-7-16(21)23-3/h12H,4-10H2,1-3H3. The van der Waals surface area contributed by atoms with Crippen LogP contribution in [-0.2, 0) is 43.2 Å². The number of ether oxygens (including phenoxy) is 2. The van der Waals surface area contributed by atoms with Gasteiger partial charge in [-0.15, -0.1) is 0 Å². The highest BCUT2D eigenvalue weighted by Gasteiger charge is 2.29. The van der Waals surface area contributed by atoms with Crippen LogP contribution in [0.25, 0.3) is 0 Å². The lowest BCUT2D eigenvalue weighted by atomic mass is 9.83. The molecular weight excluding hydrogens is 312 g/mol. The van der Waals surface area contributed by atoms with Crippen molar-refractivity contribution in [2.45, 2.75) is 52.5 Å². The summed E-state index contributed by atoms with van der Waals surface area (Å²) in [5.41, 5.74) is 3.02. The molecule has 0 radical (unpaired) electrons. The summed E-state index contributed by atoms with van der Waals surface area (Å²) in [4.78, 5) is 35.0. The molecule has 1 heterocycles. The predicted octanol–water partition coefficient (Wildman–Crippen LogP) is 1.38. The highest BCUT2D eigenvalue weighted by atomic mass is 16.5. The van der Waals surface area contributed by atoms with E-state index in [2.05, 4.69) is 9.84 Å². The van der Waals surface area contributed by atoms with Crippen molar-refractivity contribution in [3.63, 3.8) is 0 Å². The fourth-order valence-electron chi connectivity index (χ4n) is 3.06. The van der Waals surface area contributed by atoms with E-state index in [4.69, 9.17) is 4.74 Å². The zero-order chi connectivity index (χ0) is 17.7. The molecule has 7 nitrogen and oxygen atoms in total. The number of carbonyl (C=O) groups is 3. The van der Waals surface area contributed by atoms with Crippen molar-refractivity contribution >= 4 is 17.7 Å². The van der Waals surface area contributed by atoms with Crippen LogP contribution in [0.15, 0.2) is 0 Å². The summed E-state index contributed by atoms with van der Waals surface area (Å²) in [7, 11) is 1.36. The van der Waals surface area contributed by atoms with Crippen molar-refractivity contribution in [1.29, 1.82) is 0 Å². The molecule has 1 aromatic heterocycles. The molecule has 0 aliphatic heterocycles. The fourth-order valence-corrected chi connectivity index (χ4v) is 3.06. The minimum atomic E-state index is -0.459. The van der Waals surface area contributed by atoms with E-state index in [-0.39, 0.29) is 37.1 Å². The number of fused-ring (bicyclic) bond motifs is 1. The first-order valence-electron chi connectivity index (χ1n) is 8.26. The molecule has 1 aliphatic rings. The van der Waals surface area contributed by atoms with Gasteiger partial charge >= 0.3 is 11.9 Å². The number of aryl methyl sites for hydroxylation is 2. The Morgan fingerprint density at radius 3 is 2.71 bits per heavy atom. The molecule has 1 aromatic rings. The zero-order valence-corrected chi connectivity index (χ0v) is 14.5. The summed E-state index contributed by atoms with van der Waals surface area (Å²) in [5, 5.41) is 4.55. The van der Waals surface area contributed by atoms with E-state index < -0.39 is 5.97 Å². The predicted molar refractivity (Wildman–Crippen MR) is 85.4 cm³/mol. The van der Waals surface area contributed by atoms with Crippen molar-refractivity contribution in [3.8, 4) is 0 Å². The number of rotatable bonds is 7. The molecule has 0 bridgehead atoms. The summed E-state index contributed by atoms with van der Waals surface area (Å²) < 4.78 is 11.3. The Morgan fingerprint density at radius 2 is 2.04 bits per heavy atom. The second-order valence-corrected chi connectivity index (χ2v) is 5.95. The first-order chi connectivity index (χ1) is 11.5. The highest BCUT2D eigenvalue weighted by molar-refractivity contribution is 5.97. The summed E-state index contributed by atoms with van der Waals surface area (Å²) in [5.74, 6) is -0.969. The van der Waals surface area contributed by atoms with Gasteiger partial charge in [0.15, 0.2) is 0 Å². The van der Waals surface area contributed by atoms with Crippen molar-refractivity contribution in [2.75, 3.05) is 13.7 Å². The van der Waals surface area contributed by atoms with Crippen LogP contribution in [0.1, 0.15) is 43.1 Å². The summed E-state index contributed by atoms with van der Waals surface area (Å²) in [6.45, 7) is 4.42. The second-order valence-electron chi connectivity index (χ2n) is 5.95. The molecule has 24 heavy (non-hydrogen) atoms. The topological polar surface area (TPSA) is 87.5 Å². The van der Waals surface area contributed by atoms with Gasteiger partial charge in [0.1, 0.15) is 12.2 Å². The second kappa shape index (κ2) is 8.08. The van der Waals surface area contributed by atoms with Gasteiger partial charge in [0, 0.05) is 11.6 Å². The van der Waals surface area contributed by atoms with Crippen LogP contribution >= 0.6 is 0 Å². The third-order valence-corrected chi connectivity index (χ3v) is 4.43. The Morgan fingerprint density at radius 1 is 1.29 bits per heavy atom. The van der Waals surface area contributed by atoms with E-state index in [9.17, 15) is 14.4 Å². The van der Waals surface area contributed by atoms with Gasteiger partial charge in [0.25, 0.3) is 0 Å². The normalized spacial score (nSPS) is 16.4. The van der Waals surface area contributed by atoms with E-state index in [0.717, 1.165) is 17.0 Å². The van der Waals surface area contributed by atoms with Gasteiger partial charge in [-0.1, -0.05) is 0 Å². The molecule has 1 aliphatic carbocycles. The van der Waals surface area contributed by atoms with Gasteiger partial charge in [0.05, 0.1) is 32.4 Å². The maximum Gasteiger partial charge on any atom is 0.313 e. The van der Waals surface area contributed by atoms with Gasteiger partial charge in [0.2, 0.25) is 0 Å². The molecule has 0 fully saturated rings. The highest BCUT2D eigenvalue weighted by Crippen LogP contribution is 2.29. The van der Waals surface area contributed by atoms with E-state index in [1.165, 1.54) is 7.11 Å². The van der Waals surface area contributed by atoms with Gasteiger partial charge < -0.3 is 9.47 Å². The quantitative estimate of drug-likeness (QED) is 0.552. The fraction of sp³-hybridized carbons (Fsp3) is 0.647. The van der Waals surface area contributed by atoms with Gasteiger partial charge in [-0.05, 0) is 38.7 Å². The Kier molecular flexibility index (Phi) is 6.11. The van der Waals surface area contributed by atoms with Gasteiger partial charge in [-0.2, -0.15) is 5.10 Å². The maximum atomic E-state index is 12.3. The molecule has 1 atom stereocenters. The Labute approximate surface area is 141 Å². The van der Waals surface area contributed by atoms with Crippen LogP contribution < -0.4 is 0 Å². The number of hydrogen-bond acceptors (Lipinski definition) is 6. The third-order valence-electron chi connectivity index (χ3n) is 4.43. The first-order valence-corrected chi connectivity index (χ1v) is 8.26. The van der Waals surface area contributed by atoms with Crippen molar-refractivity contribution in [1.82, 2.24) is 9.78 Å². The number of ketones is 1. The van der Waals surface area contributed by atoms with E-state index in [1.54, 1.807) is 11.6 Å². The zero-order valence-electron chi connectivity index (χ0n) is 14.5. The molecule has 0 spiro atoms. The molecule has 7 heteroatoms. The average molecular weight is 336 g/mol. The van der Waals surface area contributed by atoms with Crippen LogP contribution in [0.4, 0.5) is 0 Å². The van der Waals surface area contributed by atoms with Crippen molar-refractivity contribution < 1.29 is 23.9 Å². The molecule has 0 saturated carbocycles. The Hall–Kier alpha value is -2.18. The molecule has 2 rings (SSSR count). The number of carbonyl (C=O) groups excluding carboxylic acids is 3. The van der Waals surface area contributed by atoms with Crippen LogP contribution in [0.5, 0.6) is 0 Å². The largest absolute Gasteiger partial charge is 0.469 e. The van der Waals surface area contributed by atoms with E-state index >= 15 is 0 Å². The average Bonchev–Trinajstić information content (AvgIpc) is 2.88. The maximum absolute atomic E-state index is 12.3. The van der Waals surface area contributed by atoms with Crippen molar-refractivity contribution in [3.05, 3.63) is 17.0 Å². The number of Topliss-reactive ketones (excluding diaryl/α,β-unsaturated/α-hetero) is 1. The van der Waals surface area contributed by atoms with Crippen LogP contribution in [0.2, 0.25) is 0 Å². The number of methoxy groups -OCH3 is 1. The minimum absolute atomic E-state index is 0.0687. The van der Waals surface area contributed by atoms with Gasteiger partial charge in [-0.25, -0.2) is 0 Å². The number of hydrogen-bond donors (Lipinski definition) is 0. The van der Waals surface area contributed by atoms with Crippen LogP contribution in [-0.4, -0.2) is 41.2 Å². The Bertz CT molecular complexity index is 635. The lowest BCUT2D eigenvalue weighted by Crippen LogP contribution is -2.25. The van der Waals surface area contributed by atoms with Gasteiger partial charge in [-0.3, -0.25) is 19.1 Å². The van der Waals surface area contributed by atoms with E-state index in [1.807, 2.05) is 6.92 Å². The van der Waals surface area contributed by atoms with Crippen molar-refractivity contribution in [2.24, 2.45) is 5.92 Å². The SMILES string of the molecule is CCOC(=O)CC(=O)C1CCc2nn(CCC(=O)OC)c(C)c2C1.